The summed E-state index contributed by atoms with van der Waals surface area (Å²) in [6.07, 6.45) is 0. The molecule has 2 aromatic carbocycles. The third kappa shape index (κ3) is 7.05. The normalized spacial score (nSPS) is 10.2. The van der Waals surface area contributed by atoms with Gasteiger partial charge in [-0.2, -0.15) is 4.98 Å². The van der Waals surface area contributed by atoms with Crippen molar-refractivity contribution < 1.29 is 19.0 Å². The van der Waals surface area contributed by atoms with E-state index < -0.39 is 0 Å². The van der Waals surface area contributed by atoms with Gasteiger partial charge in [0.15, 0.2) is 6.61 Å². The van der Waals surface area contributed by atoms with Gasteiger partial charge in [0.25, 0.3) is 5.91 Å². The van der Waals surface area contributed by atoms with E-state index >= 15 is 0 Å². The Labute approximate surface area is 187 Å². The van der Waals surface area contributed by atoms with Gasteiger partial charge in [-0.3, -0.25) is 4.79 Å². The summed E-state index contributed by atoms with van der Waals surface area (Å²) < 4.78 is 15.7. The summed E-state index contributed by atoms with van der Waals surface area (Å²) in [5.41, 5.74) is 1.70. The smallest absolute Gasteiger partial charge is 0.258 e. The van der Waals surface area contributed by atoms with Crippen molar-refractivity contribution in [3.8, 4) is 17.2 Å². The van der Waals surface area contributed by atoms with Crippen molar-refractivity contribution in [3.63, 3.8) is 0 Å². The topological polar surface area (TPSA) is 107 Å². The Kier molecular flexibility index (Phi) is 8.08. The number of carbonyl (C=O) groups is 1. The molecule has 0 bridgehead atoms. The molecule has 1 aromatic heterocycles. The fourth-order valence-electron chi connectivity index (χ4n) is 2.78. The molecule has 3 rings (SSSR count). The maximum atomic E-state index is 12.0. The van der Waals surface area contributed by atoms with E-state index in [1.54, 1.807) is 38.5 Å². The summed E-state index contributed by atoms with van der Waals surface area (Å²) in [4.78, 5) is 20.8. The Morgan fingerprint density at radius 3 is 2.16 bits per heavy atom. The summed E-state index contributed by atoms with van der Waals surface area (Å²) in [5, 5.41) is 9.16. The van der Waals surface area contributed by atoms with E-state index in [9.17, 15) is 4.79 Å². The van der Waals surface area contributed by atoms with E-state index in [2.05, 4.69) is 25.9 Å². The number of aromatic nitrogens is 2. The Balaban J connectivity index is 1.42. The zero-order valence-corrected chi connectivity index (χ0v) is 18.3. The molecule has 0 unspecified atom stereocenters. The molecule has 0 saturated carbocycles. The number of nitrogens with zero attached hydrogens (tertiary/aromatic N) is 2. The fourth-order valence-corrected chi connectivity index (χ4v) is 2.78. The molecule has 0 fully saturated rings. The molecule has 3 N–H and O–H groups in total. The van der Waals surface area contributed by atoms with Gasteiger partial charge in [0.2, 0.25) is 5.95 Å². The summed E-state index contributed by atoms with van der Waals surface area (Å²) in [6.45, 7) is 2.70. The third-order valence-electron chi connectivity index (χ3n) is 4.38. The quantitative estimate of drug-likeness (QED) is 0.393. The SMILES string of the molecule is COc1ccc(Nc2cc(C)nc(NCCNC(=O)COc3ccc(OC)cc3)n2)cc1. The molecule has 168 valence electrons. The maximum absolute atomic E-state index is 12.0. The largest absolute Gasteiger partial charge is 0.497 e. The molecule has 0 spiro atoms. The van der Waals surface area contributed by atoms with Gasteiger partial charge in [-0.25, -0.2) is 4.98 Å². The van der Waals surface area contributed by atoms with Crippen LogP contribution in [0.4, 0.5) is 17.5 Å². The summed E-state index contributed by atoms with van der Waals surface area (Å²) in [5.74, 6) is 3.05. The highest BCUT2D eigenvalue weighted by molar-refractivity contribution is 5.77. The highest BCUT2D eigenvalue weighted by Gasteiger charge is 2.05. The predicted molar refractivity (Wildman–Crippen MR) is 123 cm³/mol. The Hall–Kier alpha value is -4.01. The molecular formula is C23H27N5O4. The molecule has 0 aliphatic heterocycles. The minimum absolute atomic E-state index is 0.0663. The van der Waals surface area contributed by atoms with Crippen LogP contribution in [-0.2, 0) is 4.79 Å². The van der Waals surface area contributed by atoms with Crippen LogP contribution in [0.15, 0.2) is 54.6 Å². The van der Waals surface area contributed by atoms with Crippen molar-refractivity contribution in [2.75, 3.05) is 44.5 Å². The number of ether oxygens (including phenoxy) is 3. The number of nitrogens with one attached hydrogen (secondary N) is 3. The molecule has 3 aromatic rings. The average molecular weight is 438 g/mol. The number of hydrogen-bond donors (Lipinski definition) is 3. The first-order valence-corrected chi connectivity index (χ1v) is 10.1. The summed E-state index contributed by atoms with van der Waals surface area (Å²) in [7, 11) is 3.22. The third-order valence-corrected chi connectivity index (χ3v) is 4.38. The lowest BCUT2D eigenvalue weighted by Crippen LogP contribution is -2.32. The molecule has 9 nitrogen and oxygen atoms in total. The zero-order chi connectivity index (χ0) is 22.8. The van der Waals surface area contributed by atoms with Crippen LogP contribution in [0, 0.1) is 6.92 Å². The second-order valence-corrected chi connectivity index (χ2v) is 6.81. The van der Waals surface area contributed by atoms with Crippen molar-refractivity contribution in [3.05, 3.63) is 60.3 Å². The summed E-state index contributed by atoms with van der Waals surface area (Å²) >= 11 is 0. The number of rotatable bonds is 11. The Morgan fingerprint density at radius 1 is 0.875 bits per heavy atom. The minimum Gasteiger partial charge on any atom is -0.497 e. The maximum Gasteiger partial charge on any atom is 0.258 e. The van der Waals surface area contributed by atoms with Crippen LogP contribution in [0.2, 0.25) is 0 Å². The van der Waals surface area contributed by atoms with Crippen molar-refractivity contribution >= 4 is 23.4 Å². The van der Waals surface area contributed by atoms with E-state index in [0.29, 0.717) is 30.6 Å². The van der Waals surface area contributed by atoms with Crippen molar-refractivity contribution in [2.24, 2.45) is 0 Å². The number of benzene rings is 2. The summed E-state index contributed by atoms with van der Waals surface area (Å²) in [6, 6.07) is 16.5. The first kappa shape index (κ1) is 22.7. The van der Waals surface area contributed by atoms with Gasteiger partial charge in [0.05, 0.1) is 14.2 Å². The second kappa shape index (κ2) is 11.4. The number of carbonyl (C=O) groups excluding carboxylic acids is 1. The molecule has 0 aliphatic carbocycles. The Bertz CT molecular complexity index is 1010. The highest BCUT2D eigenvalue weighted by Crippen LogP contribution is 2.20. The van der Waals surface area contributed by atoms with E-state index in [-0.39, 0.29) is 12.5 Å². The predicted octanol–water partition coefficient (Wildman–Crippen LogP) is 3.15. The number of aryl methyl sites for hydroxylation is 1. The average Bonchev–Trinajstić information content (AvgIpc) is 2.81. The molecule has 1 heterocycles. The molecular weight excluding hydrogens is 410 g/mol. The lowest BCUT2D eigenvalue weighted by molar-refractivity contribution is -0.123. The molecule has 0 saturated heterocycles. The lowest BCUT2D eigenvalue weighted by Gasteiger charge is -2.11. The van der Waals surface area contributed by atoms with Gasteiger partial charge < -0.3 is 30.2 Å². The lowest BCUT2D eigenvalue weighted by atomic mass is 10.3. The number of anilines is 3. The van der Waals surface area contributed by atoms with E-state index in [1.165, 1.54) is 0 Å². The van der Waals surface area contributed by atoms with E-state index in [4.69, 9.17) is 14.2 Å². The van der Waals surface area contributed by atoms with E-state index in [0.717, 1.165) is 22.9 Å². The second-order valence-electron chi connectivity index (χ2n) is 6.81. The van der Waals surface area contributed by atoms with Crippen LogP contribution in [0.25, 0.3) is 0 Å². The molecule has 1 amide bonds. The molecule has 0 radical (unpaired) electrons. The van der Waals surface area contributed by atoms with Gasteiger partial charge in [-0.15, -0.1) is 0 Å². The van der Waals surface area contributed by atoms with Gasteiger partial charge in [0.1, 0.15) is 23.1 Å². The van der Waals surface area contributed by atoms with Crippen LogP contribution < -0.4 is 30.2 Å². The first-order chi connectivity index (χ1) is 15.6. The number of hydrogen-bond acceptors (Lipinski definition) is 8. The van der Waals surface area contributed by atoms with Crippen LogP contribution in [0.1, 0.15) is 5.69 Å². The van der Waals surface area contributed by atoms with Crippen LogP contribution in [0.3, 0.4) is 0 Å². The first-order valence-electron chi connectivity index (χ1n) is 10.1. The van der Waals surface area contributed by atoms with Gasteiger partial charge >= 0.3 is 0 Å². The standard InChI is InChI=1S/C23H27N5O4/c1-16-14-21(27-17-4-6-18(30-2)7-5-17)28-23(26-16)25-13-12-24-22(29)15-32-20-10-8-19(31-3)9-11-20/h4-11,14H,12-13,15H2,1-3H3,(H,24,29)(H2,25,26,27,28). The minimum atomic E-state index is -0.213. The molecule has 9 heteroatoms. The van der Waals surface area contributed by atoms with Crippen LogP contribution in [-0.4, -0.2) is 49.8 Å². The van der Waals surface area contributed by atoms with Crippen LogP contribution in [0.5, 0.6) is 17.2 Å². The Morgan fingerprint density at radius 2 is 1.50 bits per heavy atom. The van der Waals surface area contributed by atoms with Crippen molar-refractivity contribution in [1.82, 2.24) is 15.3 Å². The highest BCUT2D eigenvalue weighted by atomic mass is 16.5. The van der Waals surface area contributed by atoms with E-state index in [1.807, 2.05) is 37.3 Å². The van der Waals surface area contributed by atoms with Gasteiger partial charge in [0, 0.05) is 30.5 Å². The fraction of sp³-hybridized carbons (Fsp3) is 0.261. The molecule has 0 atom stereocenters. The molecule has 32 heavy (non-hydrogen) atoms. The van der Waals surface area contributed by atoms with Crippen molar-refractivity contribution in [2.45, 2.75) is 6.92 Å². The number of amides is 1. The van der Waals surface area contributed by atoms with Gasteiger partial charge in [-0.05, 0) is 55.5 Å². The van der Waals surface area contributed by atoms with Crippen molar-refractivity contribution in [1.29, 1.82) is 0 Å². The monoisotopic (exact) mass is 437 g/mol. The van der Waals surface area contributed by atoms with Crippen LogP contribution >= 0.6 is 0 Å². The molecule has 0 aliphatic rings. The van der Waals surface area contributed by atoms with Gasteiger partial charge in [-0.1, -0.05) is 0 Å². The number of methoxy groups -OCH3 is 2. The zero-order valence-electron chi connectivity index (χ0n) is 18.3.